The molecule has 24 heavy (non-hydrogen) atoms. The van der Waals surface area contributed by atoms with Crippen molar-refractivity contribution >= 4 is 16.9 Å². The van der Waals surface area contributed by atoms with E-state index in [9.17, 15) is 0 Å². The minimum absolute atomic E-state index is 0.698. The molecule has 3 aromatic rings. The Morgan fingerprint density at radius 2 is 2.08 bits per heavy atom. The maximum absolute atomic E-state index is 4.39. The second kappa shape index (κ2) is 7.59. The maximum atomic E-state index is 4.39. The fraction of sp³-hybridized carbons (Fsp3) is 0.278. The first-order chi connectivity index (χ1) is 11.8. The predicted octanol–water partition coefficient (Wildman–Crippen LogP) is 2.10. The zero-order valence-electron chi connectivity index (χ0n) is 14.0. The van der Waals surface area contributed by atoms with Crippen LogP contribution in [0.4, 0.5) is 0 Å². The van der Waals surface area contributed by atoms with Crippen molar-refractivity contribution < 1.29 is 0 Å². The van der Waals surface area contributed by atoms with E-state index in [1.54, 1.807) is 7.05 Å². The first kappa shape index (κ1) is 16.0. The van der Waals surface area contributed by atoms with Gasteiger partial charge >= 0.3 is 0 Å². The summed E-state index contributed by atoms with van der Waals surface area (Å²) in [5.41, 5.74) is 3.38. The Balaban J connectivity index is 1.55. The van der Waals surface area contributed by atoms with Crippen LogP contribution in [0, 0.1) is 6.92 Å². The lowest BCUT2D eigenvalue weighted by atomic mass is 10.1. The highest BCUT2D eigenvalue weighted by atomic mass is 15.3. The van der Waals surface area contributed by atoms with Gasteiger partial charge in [0.2, 0.25) is 0 Å². The standard InChI is InChI=1S/C18H22N6/c1-14-11-23-24(13-14)10-9-21-18(19-2)22-12-15-7-8-20-17-6-4-3-5-16(15)17/h3-8,11,13H,9-10,12H2,1-2H3,(H2,19,21,22). The van der Waals surface area contributed by atoms with Crippen molar-refractivity contribution in [3.63, 3.8) is 0 Å². The van der Waals surface area contributed by atoms with Crippen LogP contribution >= 0.6 is 0 Å². The molecule has 2 aromatic heterocycles. The highest BCUT2D eigenvalue weighted by Crippen LogP contribution is 2.15. The normalized spacial score (nSPS) is 11.7. The zero-order chi connectivity index (χ0) is 16.8. The van der Waals surface area contributed by atoms with Gasteiger partial charge in [0.25, 0.3) is 0 Å². The van der Waals surface area contributed by atoms with Gasteiger partial charge in [0, 0.05) is 37.9 Å². The van der Waals surface area contributed by atoms with Crippen LogP contribution in [0.1, 0.15) is 11.1 Å². The molecule has 124 valence electrons. The molecule has 0 unspecified atom stereocenters. The number of aryl methyl sites for hydroxylation is 1. The van der Waals surface area contributed by atoms with Crippen molar-refractivity contribution in [2.75, 3.05) is 13.6 Å². The molecule has 0 saturated heterocycles. The van der Waals surface area contributed by atoms with Crippen molar-refractivity contribution in [2.45, 2.75) is 20.0 Å². The summed E-state index contributed by atoms with van der Waals surface area (Å²) in [7, 11) is 1.78. The first-order valence-electron chi connectivity index (χ1n) is 8.02. The van der Waals surface area contributed by atoms with Crippen molar-refractivity contribution in [1.82, 2.24) is 25.4 Å². The number of hydrogen-bond donors (Lipinski definition) is 2. The molecule has 2 N–H and O–H groups in total. The van der Waals surface area contributed by atoms with Gasteiger partial charge in [-0.05, 0) is 30.2 Å². The average molecular weight is 322 g/mol. The van der Waals surface area contributed by atoms with Crippen molar-refractivity contribution in [2.24, 2.45) is 4.99 Å². The van der Waals surface area contributed by atoms with Crippen LogP contribution in [0.5, 0.6) is 0 Å². The Bertz CT molecular complexity index is 831. The highest BCUT2D eigenvalue weighted by Gasteiger charge is 2.03. The van der Waals surface area contributed by atoms with Crippen LogP contribution in [0.25, 0.3) is 10.9 Å². The summed E-state index contributed by atoms with van der Waals surface area (Å²) in [5, 5.41) is 12.1. The van der Waals surface area contributed by atoms with Crippen molar-refractivity contribution in [1.29, 1.82) is 0 Å². The lowest BCUT2D eigenvalue weighted by Gasteiger charge is -2.13. The van der Waals surface area contributed by atoms with Gasteiger partial charge in [-0.2, -0.15) is 5.10 Å². The minimum Gasteiger partial charge on any atom is -0.355 e. The number of rotatable bonds is 5. The monoisotopic (exact) mass is 322 g/mol. The molecule has 0 aliphatic heterocycles. The fourth-order valence-electron chi connectivity index (χ4n) is 2.59. The first-order valence-corrected chi connectivity index (χ1v) is 8.02. The number of fused-ring (bicyclic) bond motifs is 1. The van der Waals surface area contributed by atoms with Crippen molar-refractivity contribution in [3.05, 3.63) is 60.0 Å². The highest BCUT2D eigenvalue weighted by molar-refractivity contribution is 5.83. The Kier molecular flexibility index (Phi) is 5.05. The van der Waals surface area contributed by atoms with E-state index in [0.717, 1.165) is 30.0 Å². The zero-order valence-corrected chi connectivity index (χ0v) is 14.0. The third kappa shape index (κ3) is 3.90. The third-order valence-electron chi connectivity index (χ3n) is 3.80. The molecule has 0 aliphatic carbocycles. The Morgan fingerprint density at radius 3 is 2.88 bits per heavy atom. The number of nitrogens with zero attached hydrogens (tertiary/aromatic N) is 4. The van der Waals surface area contributed by atoms with Gasteiger partial charge in [0.1, 0.15) is 0 Å². The second-order valence-corrected chi connectivity index (χ2v) is 5.62. The number of para-hydroxylation sites is 1. The molecule has 0 fully saturated rings. The molecule has 2 heterocycles. The molecule has 1 aromatic carbocycles. The van der Waals surface area contributed by atoms with Gasteiger partial charge in [0.15, 0.2) is 5.96 Å². The molecule has 3 rings (SSSR count). The molecule has 0 amide bonds. The smallest absolute Gasteiger partial charge is 0.191 e. The molecule has 0 radical (unpaired) electrons. The summed E-state index contributed by atoms with van der Waals surface area (Å²) in [5.74, 6) is 0.778. The van der Waals surface area contributed by atoms with Gasteiger partial charge in [0.05, 0.1) is 18.3 Å². The summed E-state index contributed by atoms with van der Waals surface area (Å²) in [4.78, 5) is 8.66. The second-order valence-electron chi connectivity index (χ2n) is 5.62. The van der Waals surface area contributed by atoms with E-state index < -0.39 is 0 Å². The average Bonchev–Trinajstić information content (AvgIpc) is 3.03. The van der Waals surface area contributed by atoms with Crippen LogP contribution in [-0.4, -0.2) is 34.3 Å². The topological polar surface area (TPSA) is 67.1 Å². The van der Waals surface area contributed by atoms with E-state index in [4.69, 9.17) is 0 Å². The summed E-state index contributed by atoms with van der Waals surface area (Å²) in [6.07, 6.45) is 5.73. The minimum atomic E-state index is 0.698. The van der Waals surface area contributed by atoms with Crippen LogP contribution < -0.4 is 10.6 Å². The molecule has 0 bridgehead atoms. The van der Waals surface area contributed by atoms with Gasteiger partial charge in [-0.1, -0.05) is 18.2 Å². The van der Waals surface area contributed by atoms with Gasteiger partial charge in [-0.15, -0.1) is 0 Å². The number of benzene rings is 1. The summed E-state index contributed by atoms with van der Waals surface area (Å²) >= 11 is 0. The number of aliphatic imine (C=N–C) groups is 1. The summed E-state index contributed by atoms with van der Waals surface area (Å²) < 4.78 is 1.92. The molecule has 0 aliphatic rings. The third-order valence-corrected chi connectivity index (χ3v) is 3.80. The Morgan fingerprint density at radius 1 is 1.21 bits per heavy atom. The lowest BCUT2D eigenvalue weighted by Crippen LogP contribution is -2.38. The predicted molar refractivity (Wildman–Crippen MR) is 96.9 cm³/mol. The van der Waals surface area contributed by atoms with Crippen LogP contribution in [0.3, 0.4) is 0 Å². The maximum Gasteiger partial charge on any atom is 0.191 e. The largest absolute Gasteiger partial charge is 0.355 e. The Hall–Kier alpha value is -2.89. The van der Waals surface area contributed by atoms with Gasteiger partial charge < -0.3 is 10.6 Å². The number of guanidine groups is 1. The number of aromatic nitrogens is 3. The molecule has 0 saturated carbocycles. The van der Waals surface area contributed by atoms with Crippen LogP contribution in [0.2, 0.25) is 0 Å². The Labute approximate surface area is 141 Å². The summed E-state index contributed by atoms with van der Waals surface area (Å²) in [6.45, 7) is 4.30. The van der Waals surface area contributed by atoms with Gasteiger partial charge in [-0.25, -0.2) is 0 Å². The van der Waals surface area contributed by atoms with Crippen molar-refractivity contribution in [3.8, 4) is 0 Å². The van der Waals surface area contributed by atoms with Crippen LogP contribution in [-0.2, 0) is 13.1 Å². The molecule has 6 heteroatoms. The summed E-state index contributed by atoms with van der Waals surface area (Å²) in [6, 6.07) is 10.2. The lowest BCUT2D eigenvalue weighted by molar-refractivity contribution is 0.597. The molecular formula is C18H22N6. The van der Waals surface area contributed by atoms with E-state index in [2.05, 4.69) is 31.8 Å². The number of pyridine rings is 1. The van der Waals surface area contributed by atoms with E-state index in [-0.39, 0.29) is 0 Å². The van der Waals surface area contributed by atoms with E-state index in [1.165, 1.54) is 11.1 Å². The quantitative estimate of drug-likeness (QED) is 0.558. The van der Waals surface area contributed by atoms with E-state index >= 15 is 0 Å². The SMILES string of the molecule is CN=C(NCCn1cc(C)cn1)NCc1ccnc2ccccc12. The molecular weight excluding hydrogens is 300 g/mol. The van der Waals surface area contributed by atoms with Crippen LogP contribution in [0.15, 0.2) is 53.9 Å². The van der Waals surface area contributed by atoms with E-state index in [1.807, 2.05) is 54.5 Å². The van der Waals surface area contributed by atoms with E-state index in [0.29, 0.717) is 6.54 Å². The molecule has 0 atom stereocenters. The molecule has 0 spiro atoms. The number of hydrogen-bond acceptors (Lipinski definition) is 3. The molecule has 6 nitrogen and oxygen atoms in total. The fourth-order valence-corrected chi connectivity index (χ4v) is 2.59. The number of nitrogens with one attached hydrogen (secondary N) is 2. The van der Waals surface area contributed by atoms with Gasteiger partial charge in [-0.3, -0.25) is 14.7 Å².